The van der Waals surface area contributed by atoms with Crippen LogP contribution in [0.3, 0.4) is 0 Å². The summed E-state index contributed by atoms with van der Waals surface area (Å²) in [6, 6.07) is 10.3. The van der Waals surface area contributed by atoms with E-state index in [1.54, 1.807) is 0 Å². The molecule has 0 heterocycles. The van der Waals surface area contributed by atoms with E-state index in [0.717, 1.165) is 6.42 Å². The fourth-order valence-electron chi connectivity index (χ4n) is 2.33. The first-order chi connectivity index (χ1) is 7.30. The minimum atomic E-state index is -0.0681. The lowest BCUT2D eigenvalue weighted by atomic mass is 9.78. The number of benzene rings is 1. The lowest BCUT2D eigenvalue weighted by Gasteiger charge is -2.30. The third-order valence-electron chi connectivity index (χ3n) is 3.56. The molecular weight excluding hydrogens is 186 g/mol. The van der Waals surface area contributed by atoms with Gasteiger partial charge in [0, 0.05) is 12.0 Å². The van der Waals surface area contributed by atoms with Crippen LogP contribution in [0.5, 0.6) is 0 Å². The van der Waals surface area contributed by atoms with Crippen LogP contribution in [0.15, 0.2) is 30.3 Å². The van der Waals surface area contributed by atoms with Crippen LogP contribution in [0.1, 0.15) is 18.4 Å². The molecule has 0 spiro atoms. The van der Waals surface area contributed by atoms with Crippen molar-refractivity contribution in [2.24, 2.45) is 17.1 Å². The minimum absolute atomic E-state index is 0.0681. The van der Waals surface area contributed by atoms with Crippen molar-refractivity contribution in [2.75, 3.05) is 13.2 Å². The predicted molar refractivity (Wildman–Crippen MR) is 61.4 cm³/mol. The maximum absolute atomic E-state index is 9.57. The Morgan fingerprint density at radius 2 is 1.93 bits per heavy atom. The smallest absolute Gasteiger partial charge is 0.0505 e. The third-order valence-corrected chi connectivity index (χ3v) is 3.56. The molecule has 0 aromatic heterocycles. The standard InChI is InChI=1S/C13H19NO/c14-9-13(10-15,12-6-7-12)8-11-4-2-1-3-5-11/h1-5,12,15H,6-10,14H2. The van der Waals surface area contributed by atoms with Gasteiger partial charge in [0.2, 0.25) is 0 Å². The van der Waals surface area contributed by atoms with Crippen molar-refractivity contribution < 1.29 is 5.11 Å². The van der Waals surface area contributed by atoms with E-state index in [2.05, 4.69) is 12.1 Å². The molecule has 0 saturated heterocycles. The average Bonchev–Trinajstić information content (AvgIpc) is 3.12. The Balaban J connectivity index is 2.13. The van der Waals surface area contributed by atoms with Gasteiger partial charge in [0.1, 0.15) is 0 Å². The van der Waals surface area contributed by atoms with Gasteiger partial charge in [-0.2, -0.15) is 0 Å². The van der Waals surface area contributed by atoms with Gasteiger partial charge in [0.25, 0.3) is 0 Å². The van der Waals surface area contributed by atoms with Gasteiger partial charge in [-0.05, 0) is 30.7 Å². The van der Waals surface area contributed by atoms with Gasteiger partial charge in [-0.3, -0.25) is 0 Å². The molecule has 0 radical (unpaired) electrons. The molecule has 15 heavy (non-hydrogen) atoms. The molecule has 1 aliphatic carbocycles. The Bertz CT molecular complexity index is 302. The van der Waals surface area contributed by atoms with E-state index in [1.165, 1.54) is 18.4 Å². The van der Waals surface area contributed by atoms with Gasteiger partial charge in [0.05, 0.1) is 6.61 Å². The summed E-state index contributed by atoms with van der Waals surface area (Å²) in [6.45, 7) is 0.798. The second-order valence-electron chi connectivity index (χ2n) is 4.66. The maximum Gasteiger partial charge on any atom is 0.0505 e. The lowest BCUT2D eigenvalue weighted by Crippen LogP contribution is -2.38. The monoisotopic (exact) mass is 205 g/mol. The topological polar surface area (TPSA) is 46.2 Å². The van der Waals surface area contributed by atoms with Crippen LogP contribution in [0, 0.1) is 11.3 Å². The number of hydrogen-bond acceptors (Lipinski definition) is 2. The van der Waals surface area contributed by atoms with E-state index in [4.69, 9.17) is 5.73 Å². The molecule has 1 aliphatic rings. The van der Waals surface area contributed by atoms with Crippen LogP contribution >= 0.6 is 0 Å². The molecule has 1 saturated carbocycles. The first-order valence-electron chi connectivity index (χ1n) is 5.65. The van der Waals surface area contributed by atoms with Gasteiger partial charge >= 0.3 is 0 Å². The number of aliphatic hydroxyl groups excluding tert-OH is 1. The number of rotatable bonds is 5. The van der Waals surface area contributed by atoms with Crippen molar-refractivity contribution in [3.63, 3.8) is 0 Å². The van der Waals surface area contributed by atoms with E-state index >= 15 is 0 Å². The van der Waals surface area contributed by atoms with Gasteiger partial charge in [-0.1, -0.05) is 30.3 Å². The average molecular weight is 205 g/mol. The zero-order chi connectivity index (χ0) is 10.7. The largest absolute Gasteiger partial charge is 0.396 e. The first kappa shape index (κ1) is 10.7. The molecule has 0 bridgehead atoms. The highest BCUT2D eigenvalue weighted by atomic mass is 16.3. The Morgan fingerprint density at radius 1 is 1.27 bits per heavy atom. The third kappa shape index (κ3) is 2.21. The minimum Gasteiger partial charge on any atom is -0.396 e. The van der Waals surface area contributed by atoms with Crippen LogP contribution in [-0.2, 0) is 6.42 Å². The molecular formula is C13H19NO. The predicted octanol–water partition coefficient (Wildman–Crippen LogP) is 1.58. The summed E-state index contributed by atoms with van der Waals surface area (Å²) in [5.41, 5.74) is 7.06. The van der Waals surface area contributed by atoms with Crippen LogP contribution in [-0.4, -0.2) is 18.3 Å². The molecule has 1 unspecified atom stereocenters. The van der Waals surface area contributed by atoms with Crippen molar-refractivity contribution >= 4 is 0 Å². The van der Waals surface area contributed by atoms with Gasteiger partial charge < -0.3 is 10.8 Å². The Hall–Kier alpha value is -0.860. The summed E-state index contributed by atoms with van der Waals surface area (Å²) in [4.78, 5) is 0. The summed E-state index contributed by atoms with van der Waals surface area (Å²) in [6.07, 6.45) is 3.36. The molecule has 2 nitrogen and oxygen atoms in total. The summed E-state index contributed by atoms with van der Waals surface area (Å²) in [7, 11) is 0. The van der Waals surface area contributed by atoms with Crippen LogP contribution < -0.4 is 5.73 Å². The number of hydrogen-bond donors (Lipinski definition) is 2. The Labute approximate surface area is 91.1 Å². The van der Waals surface area contributed by atoms with Gasteiger partial charge in [-0.25, -0.2) is 0 Å². The second-order valence-corrected chi connectivity index (χ2v) is 4.66. The molecule has 1 fully saturated rings. The quantitative estimate of drug-likeness (QED) is 0.766. The SMILES string of the molecule is NCC(CO)(Cc1ccccc1)C1CC1. The normalized spacial score (nSPS) is 19.9. The molecule has 1 aromatic carbocycles. The molecule has 0 amide bonds. The van der Waals surface area contributed by atoms with Gasteiger partial charge in [0.15, 0.2) is 0 Å². The first-order valence-corrected chi connectivity index (χ1v) is 5.65. The molecule has 2 heteroatoms. The molecule has 1 atom stereocenters. The number of aliphatic hydroxyl groups is 1. The highest BCUT2D eigenvalue weighted by Gasteiger charge is 2.43. The van der Waals surface area contributed by atoms with Crippen LogP contribution in [0.4, 0.5) is 0 Å². The van der Waals surface area contributed by atoms with Crippen molar-refractivity contribution in [3.05, 3.63) is 35.9 Å². The summed E-state index contributed by atoms with van der Waals surface area (Å²) >= 11 is 0. The molecule has 1 aromatic rings. The van der Waals surface area contributed by atoms with E-state index in [1.807, 2.05) is 18.2 Å². The molecule has 0 aliphatic heterocycles. The highest BCUT2D eigenvalue weighted by Crippen LogP contribution is 2.46. The van der Waals surface area contributed by atoms with Crippen molar-refractivity contribution in [3.8, 4) is 0 Å². The summed E-state index contributed by atoms with van der Waals surface area (Å²) in [5.74, 6) is 0.632. The fraction of sp³-hybridized carbons (Fsp3) is 0.538. The zero-order valence-corrected chi connectivity index (χ0v) is 9.02. The van der Waals surface area contributed by atoms with Crippen molar-refractivity contribution in [1.29, 1.82) is 0 Å². The molecule has 82 valence electrons. The van der Waals surface area contributed by atoms with E-state index in [-0.39, 0.29) is 12.0 Å². The van der Waals surface area contributed by atoms with E-state index < -0.39 is 0 Å². The fourth-order valence-corrected chi connectivity index (χ4v) is 2.33. The maximum atomic E-state index is 9.57. The Morgan fingerprint density at radius 3 is 2.40 bits per heavy atom. The van der Waals surface area contributed by atoms with Gasteiger partial charge in [-0.15, -0.1) is 0 Å². The molecule has 3 N–H and O–H groups in total. The van der Waals surface area contributed by atoms with Crippen molar-refractivity contribution in [2.45, 2.75) is 19.3 Å². The van der Waals surface area contributed by atoms with Crippen molar-refractivity contribution in [1.82, 2.24) is 0 Å². The molecule has 2 rings (SSSR count). The lowest BCUT2D eigenvalue weighted by molar-refractivity contribution is 0.109. The zero-order valence-electron chi connectivity index (χ0n) is 9.02. The highest BCUT2D eigenvalue weighted by molar-refractivity contribution is 5.18. The van der Waals surface area contributed by atoms with Crippen LogP contribution in [0.2, 0.25) is 0 Å². The summed E-state index contributed by atoms with van der Waals surface area (Å²) in [5, 5.41) is 9.57. The van der Waals surface area contributed by atoms with Crippen LogP contribution in [0.25, 0.3) is 0 Å². The Kier molecular flexibility index (Phi) is 3.08. The van der Waals surface area contributed by atoms with E-state index in [9.17, 15) is 5.11 Å². The summed E-state index contributed by atoms with van der Waals surface area (Å²) < 4.78 is 0. The second kappa shape index (κ2) is 4.33. The number of nitrogens with two attached hydrogens (primary N) is 1. The van der Waals surface area contributed by atoms with E-state index in [0.29, 0.717) is 12.5 Å².